The SMILES string of the molecule is CC(=Nn1c(C(C)O)nnc1C(C)O)C(C)C. The summed E-state index contributed by atoms with van der Waals surface area (Å²) in [6.45, 7) is 9.11. The molecule has 0 saturated carbocycles. The van der Waals surface area contributed by atoms with Gasteiger partial charge in [-0.25, -0.2) is 0 Å². The molecule has 2 N–H and O–H groups in total. The molecule has 0 bridgehead atoms. The van der Waals surface area contributed by atoms with Crippen LogP contribution in [0.2, 0.25) is 0 Å². The first-order valence-electron chi connectivity index (χ1n) is 5.71. The van der Waals surface area contributed by atoms with Crippen molar-refractivity contribution in [3.8, 4) is 0 Å². The summed E-state index contributed by atoms with van der Waals surface area (Å²) in [6, 6.07) is 0. The van der Waals surface area contributed by atoms with Crippen LogP contribution in [0.3, 0.4) is 0 Å². The van der Waals surface area contributed by atoms with Gasteiger partial charge in [0, 0.05) is 5.71 Å². The van der Waals surface area contributed by atoms with E-state index in [1.807, 2.05) is 20.8 Å². The normalized spacial score (nSPS) is 16.4. The van der Waals surface area contributed by atoms with Gasteiger partial charge in [-0.1, -0.05) is 13.8 Å². The molecule has 0 aromatic carbocycles. The van der Waals surface area contributed by atoms with Gasteiger partial charge in [-0.2, -0.15) is 9.78 Å². The second-order valence-corrected chi connectivity index (χ2v) is 4.48. The van der Waals surface area contributed by atoms with E-state index in [9.17, 15) is 10.2 Å². The molecule has 6 heteroatoms. The fourth-order valence-corrected chi connectivity index (χ4v) is 1.20. The fourth-order valence-electron chi connectivity index (χ4n) is 1.20. The zero-order chi connectivity index (χ0) is 13.2. The smallest absolute Gasteiger partial charge is 0.182 e. The Labute approximate surface area is 101 Å². The highest BCUT2D eigenvalue weighted by Gasteiger charge is 2.19. The number of aromatic nitrogens is 3. The van der Waals surface area contributed by atoms with Gasteiger partial charge in [-0.15, -0.1) is 10.2 Å². The Bertz CT molecular complexity index is 382. The zero-order valence-corrected chi connectivity index (χ0v) is 10.9. The van der Waals surface area contributed by atoms with Crippen LogP contribution in [-0.4, -0.2) is 30.8 Å². The highest BCUT2D eigenvalue weighted by Crippen LogP contribution is 2.17. The molecule has 0 aliphatic heterocycles. The molecule has 0 amide bonds. The van der Waals surface area contributed by atoms with Crippen LogP contribution in [0.5, 0.6) is 0 Å². The van der Waals surface area contributed by atoms with Crippen molar-refractivity contribution in [3.05, 3.63) is 11.6 Å². The van der Waals surface area contributed by atoms with Gasteiger partial charge in [0.15, 0.2) is 11.6 Å². The summed E-state index contributed by atoms with van der Waals surface area (Å²) in [4.78, 5) is 0. The van der Waals surface area contributed by atoms with Crippen molar-refractivity contribution in [2.45, 2.75) is 46.8 Å². The van der Waals surface area contributed by atoms with Gasteiger partial charge in [-0.05, 0) is 26.7 Å². The van der Waals surface area contributed by atoms with Crippen molar-refractivity contribution in [2.24, 2.45) is 11.0 Å². The Kier molecular flexibility index (Phi) is 4.36. The van der Waals surface area contributed by atoms with Gasteiger partial charge in [0.05, 0.1) is 0 Å². The van der Waals surface area contributed by atoms with Crippen molar-refractivity contribution < 1.29 is 10.2 Å². The predicted octanol–water partition coefficient (Wildman–Crippen LogP) is 1.26. The van der Waals surface area contributed by atoms with Crippen molar-refractivity contribution >= 4 is 5.71 Å². The van der Waals surface area contributed by atoms with E-state index in [0.29, 0.717) is 11.6 Å². The first-order valence-corrected chi connectivity index (χ1v) is 5.71. The van der Waals surface area contributed by atoms with E-state index in [0.717, 1.165) is 5.71 Å². The molecule has 17 heavy (non-hydrogen) atoms. The van der Waals surface area contributed by atoms with Crippen molar-refractivity contribution in [1.82, 2.24) is 14.9 Å². The molecule has 1 aromatic heterocycles. The van der Waals surface area contributed by atoms with Crippen molar-refractivity contribution in [2.75, 3.05) is 0 Å². The lowest BCUT2D eigenvalue weighted by Gasteiger charge is -2.10. The summed E-state index contributed by atoms with van der Waals surface area (Å²) < 4.78 is 1.42. The van der Waals surface area contributed by atoms with Crippen LogP contribution in [-0.2, 0) is 0 Å². The molecular weight excluding hydrogens is 220 g/mol. The minimum absolute atomic E-state index is 0.279. The van der Waals surface area contributed by atoms with Gasteiger partial charge < -0.3 is 10.2 Å². The molecule has 1 aromatic rings. The molecule has 0 aliphatic rings. The predicted molar refractivity (Wildman–Crippen MR) is 64.6 cm³/mol. The Morgan fingerprint density at radius 3 is 1.76 bits per heavy atom. The summed E-state index contributed by atoms with van der Waals surface area (Å²) in [6.07, 6.45) is -1.56. The van der Waals surface area contributed by atoms with E-state index in [2.05, 4.69) is 15.3 Å². The first-order chi connectivity index (χ1) is 7.84. The van der Waals surface area contributed by atoms with Crippen molar-refractivity contribution in [3.63, 3.8) is 0 Å². The molecule has 2 unspecified atom stereocenters. The third-order valence-corrected chi connectivity index (χ3v) is 2.53. The van der Waals surface area contributed by atoms with Crippen LogP contribution >= 0.6 is 0 Å². The average molecular weight is 240 g/mol. The van der Waals surface area contributed by atoms with E-state index in [1.54, 1.807) is 13.8 Å². The summed E-state index contributed by atoms with van der Waals surface area (Å²) >= 11 is 0. The summed E-state index contributed by atoms with van der Waals surface area (Å²) in [5, 5.41) is 31.2. The molecule has 0 radical (unpaired) electrons. The third kappa shape index (κ3) is 3.10. The molecule has 96 valence electrons. The van der Waals surface area contributed by atoms with Gasteiger partial charge in [0.1, 0.15) is 12.2 Å². The van der Waals surface area contributed by atoms with Crippen LogP contribution < -0.4 is 0 Å². The Morgan fingerprint density at radius 2 is 1.47 bits per heavy atom. The Balaban J connectivity index is 3.27. The summed E-state index contributed by atoms with van der Waals surface area (Å²) in [5.41, 5.74) is 0.883. The monoisotopic (exact) mass is 240 g/mol. The summed E-state index contributed by atoms with van der Waals surface area (Å²) in [7, 11) is 0. The van der Waals surface area contributed by atoms with E-state index in [1.165, 1.54) is 4.68 Å². The molecule has 1 rings (SSSR count). The average Bonchev–Trinajstić information content (AvgIpc) is 2.61. The fraction of sp³-hybridized carbons (Fsp3) is 0.727. The lowest BCUT2D eigenvalue weighted by Crippen LogP contribution is -2.12. The molecule has 2 atom stereocenters. The van der Waals surface area contributed by atoms with Crippen molar-refractivity contribution in [1.29, 1.82) is 0 Å². The number of rotatable bonds is 4. The highest BCUT2D eigenvalue weighted by atomic mass is 16.3. The lowest BCUT2D eigenvalue weighted by molar-refractivity contribution is 0.174. The lowest BCUT2D eigenvalue weighted by atomic mass is 10.1. The Hall–Kier alpha value is -1.27. The molecule has 0 spiro atoms. The summed E-state index contributed by atoms with van der Waals surface area (Å²) in [5.74, 6) is 0.947. The molecular formula is C11H20N4O2. The molecule has 6 nitrogen and oxygen atoms in total. The molecule has 1 heterocycles. The van der Waals surface area contributed by atoms with Gasteiger partial charge >= 0.3 is 0 Å². The number of nitrogens with zero attached hydrogens (tertiary/aromatic N) is 4. The maximum absolute atomic E-state index is 9.58. The Morgan fingerprint density at radius 1 is 1.06 bits per heavy atom. The van der Waals surface area contributed by atoms with Crippen LogP contribution in [0.1, 0.15) is 58.5 Å². The first kappa shape index (κ1) is 13.8. The highest BCUT2D eigenvalue weighted by molar-refractivity contribution is 5.83. The minimum atomic E-state index is -0.779. The molecule has 0 aliphatic carbocycles. The minimum Gasteiger partial charge on any atom is -0.385 e. The van der Waals surface area contributed by atoms with Crippen LogP contribution in [0.4, 0.5) is 0 Å². The maximum Gasteiger partial charge on any atom is 0.182 e. The maximum atomic E-state index is 9.58. The van der Waals surface area contributed by atoms with E-state index in [4.69, 9.17) is 0 Å². The molecule has 0 fully saturated rings. The zero-order valence-electron chi connectivity index (χ0n) is 10.9. The van der Waals surface area contributed by atoms with Crippen LogP contribution in [0.25, 0.3) is 0 Å². The number of aliphatic hydroxyl groups excluding tert-OH is 2. The second-order valence-electron chi connectivity index (χ2n) is 4.48. The van der Waals surface area contributed by atoms with Gasteiger partial charge in [-0.3, -0.25) is 0 Å². The van der Waals surface area contributed by atoms with Crippen LogP contribution in [0.15, 0.2) is 5.10 Å². The quantitative estimate of drug-likeness (QED) is 0.776. The second kappa shape index (κ2) is 5.37. The van der Waals surface area contributed by atoms with E-state index in [-0.39, 0.29) is 5.92 Å². The molecule has 0 saturated heterocycles. The van der Waals surface area contributed by atoms with Gasteiger partial charge in [0.25, 0.3) is 0 Å². The van der Waals surface area contributed by atoms with Crippen LogP contribution in [0, 0.1) is 5.92 Å². The third-order valence-electron chi connectivity index (χ3n) is 2.53. The standard InChI is InChI=1S/C11H20N4O2/c1-6(2)7(3)14-15-10(8(4)16)12-13-11(15)9(5)17/h6,8-9,16-17H,1-5H3. The largest absolute Gasteiger partial charge is 0.385 e. The number of hydrogen-bond donors (Lipinski definition) is 2. The van der Waals surface area contributed by atoms with E-state index >= 15 is 0 Å². The number of hydrogen-bond acceptors (Lipinski definition) is 5. The van der Waals surface area contributed by atoms with E-state index < -0.39 is 12.2 Å². The topological polar surface area (TPSA) is 83.5 Å². The number of aliphatic hydroxyl groups is 2. The van der Waals surface area contributed by atoms with Gasteiger partial charge in [0.2, 0.25) is 0 Å².